The fourth-order valence-electron chi connectivity index (χ4n) is 3.27. The van der Waals surface area contributed by atoms with E-state index in [1.165, 1.54) is 21.3 Å². The molecule has 1 fully saturated rings. The molecule has 162 valence electrons. The van der Waals surface area contributed by atoms with Crippen LogP contribution < -0.4 is 9.47 Å². The number of carbonyl (C=O) groups is 1. The zero-order valence-electron chi connectivity index (χ0n) is 17.3. The highest BCUT2D eigenvalue weighted by Gasteiger charge is 2.27. The van der Waals surface area contributed by atoms with E-state index in [1.54, 1.807) is 39.5 Å². The van der Waals surface area contributed by atoms with Crippen LogP contribution >= 0.6 is 0 Å². The molecule has 30 heavy (non-hydrogen) atoms. The van der Waals surface area contributed by atoms with Gasteiger partial charge in [0.05, 0.1) is 32.3 Å². The van der Waals surface area contributed by atoms with Crippen LogP contribution in [0.2, 0.25) is 0 Å². The van der Waals surface area contributed by atoms with E-state index in [4.69, 9.17) is 14.2 Å². The molecule has 2 aromatic rings. The molecule has 1 saturated heterocycles. The van der Waals surface area contributed by atoms with Gasteiger partial charge >= 0.3 is 0 Å². The van der Waals surface area contributed by atoms with E-state index >= 15 is 0 Å². The van der Waals surface area contributed by atoms with Crippen molar-refractivity contribution in [3.05, 3.63) is 53.6 Å². The highest BCUT2D eigenvalue weighted by atomic mass is 32.2. The Hall–Kier alpha value is -2.62. The van der Waals surface area contributed by atoms with Gasteiger partial charge in [-0.05, 0) is 35.9 Å². The summed E-state index contributed by atoms with van der Waals surface area (Å²) in [4.78, 5) is 14.6. The first-order valence-corrected chi connectivity index (χ1v) is 10.9. The number of hydrogen-bond acceptors (Lipinski definition) is 6. The molecule has 0 atom stereocenters. The first-order chi connectivity index (χ1) is 14.4. The molecular formula is C21H26N2O6S. The minimum Gasteiger partial charge on any atom is -0.493 e. The second kappa shape index (κ2) is 9.46. The molecule has 1 heterocycles. The van der Waals surface area contributed by atoms with Crippen molar-refractivity contribution in [3.8, 4) is 11.5 Å². The molecule has 0 aliphatic carbocycles. The topological polar surface area (TPSA) is 85.4 Å². The van der Waals surface area contributed by atoms with Crippen molar-refractivity contribution in [2.24, 2.45) is 0 Å². The van der Waals surface area contributed by atoms with Crippen LogP contribution in [0.15, 0.2) is 47.4 Å². The van der Waals surface area contributed by atoms with E-state index in [0.717, 1.165) is 5.56 Å². The first-order valence-electron chi connectivity index (χ1n) is 9.51. The van der Waals surface area contributed by atoms with Crippen molar-refractivity contribution in [1.29, 1.82) is 0 Å². The van der Waals surface area contributed by atoms with Gasteiger partial charge in [0.2, 0.25) is 10.0 Å². The third kappa shape index (κ3) is 4.75. The van der Waals surface area contributed by atoms with Gasteiger partial charge in [-0.3, -0.25) is 4.79 Å². The smallest absolute Gasteiger partial charge is 0.253 e. The predicted molar refractivity (Wildman–Crippen MR) is 111 cm³/mol. The number of morpholine rings is 1. The number of methoxy groups -OCH3 is 2. The van der Waals surface area contributed by atoms with E-state index in [0.29, 0.717) is 49.9 Å². The molecule has 0 saturated carbocycles. The van der Waals surface area contributed by atoms with E-state index in [1.807, 2.05) is 12.1 Å². The summed E-state index contributed by atoms with van der Waals surface area (Å²) in [6.07, 6.45) is 0. The molecule has 0 N–H and O–H groups in total. The minimum atomic E-state index is -3.67. The fourth-order valence-corrected chi connectivity index (χ4v) is 4.73. The Morgan fingerprint density at radius 2 is 1.77 bits per heavy atom. The van der Waals surface area contributed by atoms with Crippen LogP contribution in [0, 0.1) is 0 Å². The summed E-state index contributed by atoms with van der Waals surface area (Å²) in [6, 6.07) is 11.6. The Balaban J connectivity index is 1.77. The highest BCUT2D eigenvalue weighted by molar-refractivity contribution is 7.89. The Morgan fingerprint density at radius 3 is 2.43 bits per heavy atom. The Bertz CT molecular complexity index is 1000. The molecule has 0 radical (unpaired) electrons. The van der Waals surface area contributed by atoms with Crippen LogP contribution in [-0.2, 0) is 21.3 Å². The minimum absolute atomic E-state index is 0.106. The van der Waals surface area contributed by atoms with Gasteiger partial charge < -0.3 is 19.1 Å². The van der Waals surface area contributed by atoms with Crippen molar-refractivity contribution >= 4 is 15.9 Å². The van der Waals surface area contributed by atoms with Gasteiger partial charge in [0.15, 0.2) is 11.5 Å². The van der Waals surface area contributed by atoms with Crippen molar-refractivity contribution in [3.63, 3.8) is 0 Å². The average Bonchev–Trinajstić information content (AvgIpc) is 2.79. The second-order valence-electron chi connectivity index (χ2n) is 6.89. The van der Waals surface area contributed by atoms with Crippen LogP contribution in [0.25, 0.3) is 0 Å². The predicted octanol–water partition coefficient (Wildman–Crippen LogP) is 2.00. The Kier molecular flexibility index (Phi) is 6.96. The van der Waals surface area contributed by atoms with E-state index in [2.05, 4.69) is 0 Å². The summed E-state index contributed by atoms with van der Waals surface area (Å²) >= 11 is 0. The maximum Gasteiger partial charge on any atom is 0.253 e. The van der Waals surface area contributed by atoms with Crippen LogP contribution in [0.1, 0.15) is 15.9 Å². The number of hydrogen-bond donors (Lipinski definition) is 0. The number of benzene rings is 2. The van der Waals surface area contributed by atoms with Gasteiger partial charge in [-0.25, -0.2) is 8.42 Å². The number of nitrogens with zero attached hydrogens (tertiary/aromatic N) is 2. The number of ether oxygens (including phenoxy) is 3. The maximum atomic E-state index is 12.9. The van der Waals surface area contributed by atoms with Gasteiger partial charge in [0, 0.05) is 32.2 Å². The van der Waals surface area contributed by atoms with Crippen LogP contribution in [-0.4, -0.2) is 71.1 Å². The average molecular weight is 435 g/mol. The molecule has 8 nitrogen and oxygen atoms in total. The molecule has 0 aromatic heterocycles. The van der Waals surface area contributed by atoms with Crippen molar-refractivity contribution in [2.45, 2.75) is 11.4 Å². The van der Waals surface area contributed by atoms with Crippen molar-refractivity contribution < 1.29 is 27.4 Å². The SMILES string of the molecule is COc1ccc(CN(C)C(=O)c2cccc(S(=O)(=O)N3CCOCC3)c2)cc1OC. The molecule has 0 spiro atoms. The van der Waals surface area contributed by atoms with E-state index in [9.17, 15) is 13.2 Å². The van der Waals surface area contributed by atoms with Gasteiger partial charge in [-0.2, -0.15) is 4.31 Å². The van der Waals surface area contributed by atoms with Gasteiger partial charge in [0.25, 0.3) is 5.91 Å². The molecule has 3 rings (SSSR count). The largest absolute Gasteiger partial charge is 0.493 e. The summed E-state index contributed by atoms with van der Waals surface area (Å²) < 4.78 is 42.9. The lowest BCUT2D eigenvalue weighted by molar-refractivity contribution is 0.0730. The summed E-state index contributed by atoms with van der Waals surface area (Å²) in [5.74, 6) is 0.912. The monoisotopic (exact) mass is 434 g/mol. The van der Waals surface area contributed by atoms with Gasteiger partial charge in [-0.15, -0.1) is 0 Å². The van der Waals surface area contributed by atoms with Gasteiger partial charge in [-0.1, -0.05) is 12.1 Å². The fraction of sp³-hybridized carbons (Fsp3) is 0.381. The van der Waals surface area contributed by atoms with Gasteiger partial charge in [0.1, 0.15) is 0 Å². The second-order valence-corrected chi connectivity index (χ2v) is 8.83. The molecule has 9 heteroatoms. The zero-order valence-corrected chi connectivity index (χ0v) is 18.1. The summed E-state index contributed by atoms with van der Waals surface area (Å²) in [5.41, 5.74) is 1.17. The lowest BCUT2D eigenvalue weighted by Crippen LogP contribution is -2.40. The lowest BCUT2D eigenvalue weighted by atomic mass is 10.1. The molecule has 2 aromatic carbocycles. The number of carbonyl (C=O) groups excluding carboxylic acids is 1. The molecule has 1 aliphatic rings. The Morgan fingerprint density at radius 1 is 1.07 bits per heavy atom. The third-order valence-corrected chi connectivity index (χ3v) is 6.80. The maximum absolute atomic E-state index is 12.9. The third-order valence-electron chi connectivity index (χ3n) is 4.90. The number of amides is 1. The zero-order chi connectivity index (χ0) is 21.7. The Labute approximate surface area is 177 Å². The summed E-state index contributed by atoms with van der Waals surface area (Å²) in [7, 11) is 1.11. The van der Waals surface area contributed by atoms with Crippen molar-refractivity contribution in [1.82, 2.24) is 9.21 Å². The molecular weight excluding hydrogens is 408 g/mol. The van der Waals surface area contributed by atoms with Crippen molar-refractivity contribution in [2.75, 3.05) is 47.6 Å². The standard InChI is InChI=1S/C21H26N2O6S/c1-22(15-16-7-8-19(27-2)20(13-16)28-3)21(24)17-5-4-6-18(14-17)30(25,26)23-9-11-29-12-10-23/h4-8,13-14H,9-12,15H2,1-3H3. The van der Waals surface area contributed by atoms with Crippen LogP contribution in [0.3, 0.4) is 0 Å². The number of rotatable bonds is 7. The van der Waals surface area contributed by atoms with Crippen LogP contribution in [0.5, 0.6) is 11.5 Å². The van der Waals surface area contributed by atoms with E-state index < -0.39 is 10.0 Å². The number of sulfonamides is 1. The summed E-state index contributed by atoms with van der Waals surface area (Å²) in [5, 5.41) is 0. The lowest BCUT2D eigenvalue weighted by Gasteiger charge is -2.26. The molecule has 1 amide bonds. The highest BCUT2D eigenvalue weighted by Crippen LogP contribution is 2.28. The molecule has 0 bridgehead atoms. The first kappa shape index (κ1) is 22.1. The van der Waals surface area contributed by atoms with E-state index in [-0.39, 0.29) is 10.8 Å². The quantitative estimate of drug-likeness (QED) is 0.663. The summed E-state index contributed by atoms with van der Waals surface area (Å²) in [6.45, 7) is 1.68. The molecule has 1 aliphatic heterocycles. The van der Waals surface area contributed by atoms with Crippen LogP contribution in [0.4, 0.5) is 0 Å². The molecule has 0 unspecified atom stereocenters. The normalized spacial score (nSPS) is 14.9.